The molecule has 9 heavy (non-hydrogen) atoms. The van der Waals surface area contributed by atoms with Crippen molar-refractivity contribution in [2.45, 2.75) is 38.0 Å². The van der Waals surface area contributed by atoms with Crippen LogP contribution in [0.1, 0.15) is 13.8 Å². The molecule has 0 radical (unpaired) electrons. The van der Waals surface area contributed by atoms with Crippen molar-refractivity contribution >= 4 is 8.07 Å². The van der Waals surface area contributed by atoms with Gasteiger partial charge in [-0.2, -0.15) is 0 Å². The van der Waals surface area contributed by atoms with E-state index in [1.807, 2.05) is 0 Å². The zero-order valence-corrected chi connectivity index (χ0v) is 7.74. The Morgan fingerprint density at radius 3 is 1.33 bits per heavy atom. The summed E-state index contributed by atoms with van der Waals surface area (Å²) < 4.78 is 0. The molecule has 0 spiro atoms. The standard InChI is InChI=1S/C8H18Si/c1-5-9(6-2,7-3)8-4/h1-2,5-8H2,3-4H3/q+2. The number of hydrogen-bond donors (Lipinski definition) is 0. The second-order valence-electron chi connectivity index (χ2n) is 2.71. The van der Waals surface area contributed by atoms with E-state index in [9.17, 15) is 0 Å². The van der Waals surface area contributed by atoms with Gasteiger partial charge in [0, 0.05) is 0 Å². The van der Waals surface area contributed by atoms with Crippen LogP contribution in [-0.2, 0) is 0 Å². The third kappa shape index (κ3) is 1.97. The van der Waals surface area contributed by atoms with Crippen molar-refractivity contribution in [1.29, 1.82) is 0 Å². The molecule has 0 unspecified atom stereocenters. The van der Waals surface area contributed by atoms with Gasteiger partial charge in [0.15, 0.2) is 8.07 Å². The molecule has 0 saturated carbocycles. The third-order valence-corrected chi connectivity index (χ3v) is 7.68. The molecule has 0 bridgehead atoms. The second kappa shape index (κ2) is 3.88. The Balaban J connectivity index is 3.82. The lowest BCUT2D eigenvalue weighted by Crippen LogP contribution is -2.29. The summed E-state index contributed by atoms with van der Waals surface area (Å²) in [5.41, 5.74) is 0. The van der Waals surface area contributed by atoms with E-state index in [2.05, 4.69) is 27.7 Å². The van der Waals surface area contributed by atoms with Gasteiger partial charge in [-0.25, -0.2) is 0 Å². The van der Waals surface area contributed by atoms with Crippen LogP contribution in [0, 0.1) is 13.8 Å². The van der Waals surface area contributed by atoms with Crippen LogP contribution >= 0.6 is 0 Å². The molecule has 0 fully saturated rings. The highest BCUT2D eigenvalue weighted by atomic mass is 28.3. The highest BCUT2D eigenvalue weighted by Gasteiger charge is 2.31. The smallest absolute Gasteiger partial charge is 0.0675 e. The van der Waals surface area contributed by atoms with E-state index in [1.54, 1.807) is 0 Å². The molecular weight excluding hydrogens is 124 g/mol. The average Bonchev–Trinajstić information content (AvgIpc) is 1.95. The monoisotopic (exact) mass is 142 g/mol. The molecule has 1 heteroatoms. The van der Waals surface area contributed by atoms with Gasteiger partial charge in [0.05, 0.1) is 25.9 Å². The average molecular weight is 142 g/mol. The van der Waals surface area contributed by atoms with E-state index in [0.29, 0.717) is 0 Å². The Bertz CT molecular complexity index is 47.5. The first kappa shape index (κ1) is 8.96. The lowest BCUT2D eigenvalue weighted by molar-refractivity contribution is 1.18. The molecule has 0 aromatic rings. The van der Waals surface area contributed by atoms with Crippen LogP contribution in [0.2, 0.25) is 24.2 Å². The number of rotatable bonds is 4. The molecule has 0 N–H and O–H groups in total. The molecule has 0 saturated heterocycles. The Morgan fingerprint density at radius 2 is 1.33 bits per heavy atom. The van der Waals surface area contributed by atoms with Crippen LogP contribution in [0.25, 0.3) is 0 Å². The fourth-order valence-electron chi connectivity index (χ4n) is 1.08. The number of hydrogen-bond acceptors (Lipinski definition) is 0. The Morgan fingerprint density at radius 1 is 1.00 bits per heavy atom. The molecule has 0 aliphatic rings. The van der Waals surface area contributed by atoms with Crippen LogP contribution in [0.3, 0.4) is 0 Å². The fraction of sp³-hybridized carbons (Fsp3) is 0.750. The predicted molar refractivity (Wildman–Crippen MR) is 47.0 cm³/mol. The van der Waals surface area contributed by atoms with Crippen LogP contribution in [-0.4, -0.2) is 8.07 Å². The van der Waals surface area contributed by atoms with Crippen molar-refractivity contribution < 1.29 is 0 Å². The van der Waals surface area contributed by atoms with Crippen molar-refractivity contribution in [3.63, 3.8) is 0 Å². The summed E-state index contributed by atoms with van der Waals surface area (Å²) >= 11 is 0. The molecule has 0 heterocycles. The molecule has 0 aromatic carbocycles. The summed E-state index contributed by atoms with van der Waals surface area (Å²) in [4.78, 5) is 0. The van der Waals surface area contributed by atoms with E-state index in [-0.39, 0.29) is 0 Å². The van der Waals surface area contributed by atoms with Crippen molar-refractivity contribution in [3.8, 4) is 0 Å². The van der Waals surface area contributed by atoms with Gasteiger partial charge in [0.2, 0.25) is 0 Å². The molecule has 0 nitrogen and oxygen atoms in total. The van der Waals surface area contributed by atoms with Gasteiger partial charge >= 0.3 is 0 Å². The molecule has 0 rings (SSSR count). The molecule has 52 valence electrons. The van der Waals surface area contributed by atoms with Crippen molar-refractivity contribution in [1.82, 2.24) is 0 Å². The van der Waals surface area contributed by atoms with Gasteiger partial charge in [0.25, 0.3) is 0 Å². The first-order chi connectivity index (χ1) is 4.24. The van der Waals surface area contributed by atoms with Gasteiger partial charge < -0.3 is 0 Å². The maximum absolute atomic E-state index is 3.99. The van der Waals surface area contributed by atoms with Gasteiger partial charge in [0.1, 0.15) is 0 Å². The normalized spacial score (nSPS) is 11.8. The van der Waals surface area contributed by atoms with E-state index in [4.69, 9.17) is 0 Å². The molecule has 0 aliphatic carbocycles. The van der Waals surface area contributed by atoms with Gasteiger partial charge in [-0.15, -0.1) is 0 Å². The maximum atomic E-state index is 3.99. The Labute approximate surface area is 60.7 Å². The summed E-state index contributed by atoms with van der Waals surface area (Å²) in [7, 11) is -0.914. The van der Waals surface area contributed by atoms with Crippen molar-refractivity contribution in [2.75, 3.05) is 0 Å². The Kier molecular flexibility index (Phi) is 3.87. The fourth-order valence-corrected chi connectivity index (χ4v) is 3.25. The lowest BCUT2D eigenvalue weighted by Gasteiger charge is -2.17. The molecule has 0 atom stereocenters. The van der Waals surface area contributed by atoms with Crippen molar-refractivity contribution in [3.05, 3.63) is 13.8 Å². The molecular formula is C8H18Si+2. The zero-order valence-electron chi connectivity index (χ0n) is 6.74. The van der Waals surface area contributed by atoms with Crippen LogP contribution in [0.4, 0.5) is 0 Å². The predicted octanol–water partition coefficient (Wildman–Crippen LogP) is 3.14. The second-order valence-corrected chi connectivity index (χ2v) is 8.12. The summed E-state index contributed by atoms with van der Waals surface area (Å²) in [5.74, 6) is 0. The Hall–Kier alpha value is -0.0431. The minimum absolute atomic E-state index is 0.914. The summed E-state index contributed by atoms with van der Waals surface area (Å²) in [6.07, 6.45) is 0. The van der Waals surface area contributed by atoms with Gasteiger partial charge in [-0.05, 0) is 0 Å². The quantitative estimate of drug-likeness (QED) is 0.418. The minimum Gasteiger partial charge on any atom is -0.0675 e. The van der Waals surface area contributed by atoms with Crippen LogP contribution in [0.15, 0.2) is 0 Å². The van der Waals surface area contributed by atoms with Gasteiger partial charge in [-0.1, -0.05) is 25.9 Å². The zero-order chi connectivity index (χ0) is 7.33. The topological polar surface area (TPSA) is 0 Å². The minimum atomic E-state index is -0.914. The van der Waals surface area contributed by atoms with Crippen LogP contribution in [0.5, 0.6) is 0 Å². The SMILES string of the molecule is [CH2+]C[Si](C[CH2+])(CC)CC. The maximum Gasteiger partial charge on any atom is 0.157 e. The highest BCUT2D eigenvalue weighted by Crippen LogP contribution is 2.23. The van der Waals surface area contributed by atoms with Crippen LogP contribution < -0.4 is 0 Å². The largest absolute Gasteiger partial charge is 0.157 e. The van der Waals surface area contributed by atoms with E-state index < -0.39 is 8.07 Å². The van der Waals surface area contributed by atoms with Gasteiger partial charge in [-0.3, -0.25) is 0 Å². The summed E-state index contributed by atoms with van der Waals surface area (Å²) in [6, 6.07) is 5.06. The molecule has 0 amide bonds. The first-order valence-electron chi connectivity index (χ1n) is 3.83. The van der Waals surface area contributed by atoms with E-state index in [1.165, 1.54) is 24.2 Å². The summed E-state index contributed by atoms with van der Waals surface area (Å²) in [6.45, 7) is 12.6. The van der Waals surface area contributed by atoms with Crippen molar-refractivity contribution in [2.24, 2.45) is 0 Å². The van der Waals surface area contributed by atoms with E-state index in [0.717, 1.165) is 0 Å². The highest BCUT2D eigenvalue weighted by molar-refractivity contribution is 6.80. The summed E-state index contributed by atoms with van der Waals surface area (Å²) in [5, 5.41) is 0. The van der Waals surface area contributed by atoms with E-state index >= 15 is 0 Å². The molecule has 0 aromatic heterocycles. The third-order valence-electron chi connectivity index (χ3n) is 2.56. The molecule has 0 aliphatic heterocycles. The lowest BCUT2D eigenvalue weighted by atomic mass is 10.9. The first-order valence-corrected chi connectivity index (χ1v) is 6.66.